The number of hydrogen-bond acceptors (Lipinski definition) is 4. The van der Waals surface area contributed by atoms with Gasteiger partial charge in [-0.05, 0) is 49.4 Å². The average Bonchev–Trinajstić information content (AvgIpc) is 3.11. The lowest BCUT2D eigenvalue weighted by Crippen LogP contribution is -2.11. The number of nitrogens with one attached hydrogen (secondary N) is 1. The molecule has 6 heteroatoms. The van der Waals surface area contributed by atoms with E-state index in [2.05, 4.69) is 5.32 Å². The predicted molar refractivity (Wildman–Crippen MR) is 95.6 cm³/mol. The van der Waals surface area contributed by atoms with Crippen molar-refractivity contribution in [2.24, 2.45) is 0 Å². The number of amides is 1. The molecule has 2 aromatic carbocycles. The molecule has 0 spiro atoms. The van der Waals surface area contributed by atoms with Crippen LogP contribution in [0.15, 0.2) is 65.1 Å². The molecule has 0 aliphatic heterocycles. The van der Waals surface area contributed by atoms with E-state index in [0.717, 1.165) is 5.56 Å². The minimum absolute atomic E-state index is 0.0921. The molecule has 6 nitrogen and oxygen atoms in total. The summed E-state index contributed by atoms with van der Waals surface area (Å²) >= 11 is 0. The third-order valence-electron chi connectivity index (χ3n) is 3.65. The van der Waals surface area contributed by atoms with Crippen LogP contribution in [0.1, 0.15) is 32.2 Å². The smallest absolute Gasteiger partial charge is 0.335 e. The van der Waals surface area contributed by atoms with E-state index in [1.54, 1.807) is 24.3 Å². The maximum absolute atomic E-state index is 12.2. The fourth-order valence-corrected chi connectivity index (χ4v) is 2.29. The van der Waals surface area contributed by atoms with E-state index in [0.29, 0.717) is 17.2 Å². The number of carboxylic acid groups (broad SMARTS) is 1. The van der Waals surface area contributed by atoms with Crippen molar-refractivity contribution < 1.29 is 23.8 Å². The fraction of sp³-hybridized carbons (Fsp3) is 0.100. The third kappa shape index (κ3) is 4.30. The summed E-state index contributed by atoms with van der Waals surface area (Å²) in [5, 5.41) is 11.6. The second-order valence-corrected chi connectivity index (χ2v) is 5.71. The lowest BCUT2D eigenvalue weighted by Gasteiger charge is -2.05. The summed E-state index contributed by atoms with van der Waals surface area (Å²) in [5.74, 6) is -0.185. The lowest BCUT2D eigenvalue weighted by atomic mass is 10.2. The second kappa shape index (κ2) is 7.57. The van der Waals surface area contributed by atoms with E-state index < -0.39 is 11.9 Å². The zero-order chi connectivity index (χ0) is 18.5. The van der Waals surface area contributed by atoms with Gasteiger partial charge in [0, 0.05) is 5.69 Å². The van der Waals surface area contributed by atoms with Gasteiger partial charge >= 0.3 is 5.97 Å². The van der Waals surface area contributed by atoms with Gasteiger partial charge in [0.05, 0.1) is 5.56 Å². The van der Waals surface area contributed by atoms with Crippen LogP contribution in [0.3, 0.4) is 0 Å². The molecule has 3 rings (SSSR count). The molecule has 0 unspecified atom stereocenters. The topological polar surface area (TPSA) is 88.8 Å². The van der Waals surface area contributed by atoms with Crippen molar-refractivity contribution in [3.8, 4) is 5.75 Å². The molecule has 0 aliphatic rings. The molecule has 0 saturated heterocycles. The highest BCUT2D eigenvalue weighted by Crippen LogP contribution is 2.17. The monoisotopic (exact) mass is 351 g/mol. The van der Waals surface area contributed by atoms with Crippen molar-refractivity contribution in [1.82, 2.24) is 0 Å². The van der Waals surface area contributed by atoms with Crippen LogP contribution in [0.5, 0.6) is 5.75 Å². The van der Waals surface area contributed by atoms with Gasteiger partial charge < -0.3 is 19.6 Å². The van der Waals surface area contributed by atoms with E-state index in [-0.39, 0.29) is 17.9 Å². The molecular weight excluding hydrogens is 334 g/mol. The van der Waals surface area contributed by atoms with Crippen LogP contribution in [0.2, 0.25) is 0 Å². The molecule has 0 atom stereocenters. The van der Waals surface area contributed by atoms with Crippen LogP contribution in [-0.4, -0.2) is 17.0 Å². The van der Waals surface area contributed by atoms with Gasteiger partial charge in [-0.1, -0.05) is 23.8 Å². The first-order chi connectivity index (χ1) is 12.5. The summed E-state index contributed by atoms with van der Waals surface area (Å²) < 4.78 is 11.1. The number of anilines is 1. The number of ether oxygens (including phenoxy) is 1. The average molecular weight is 351 g/mol. The maximum atomic E-state index is 12.2. The summed E-state index contributed by atoms with van der Waals surface area (Å²) in [6, 6.07) is 16.8. The number of aryl methyl sites for hydroxylation is 1. The molecule has 132 valence electrons. The second-order valence-electron chi connectivity index (χ2n) is 5.71. The van der Waals surface area contributed by atoms with Crippen molar-refractivity contribution in [2.45, 2.75) is 13.5 Å². The van der Waals surface area contributed by atoms with Gasteiger partial charge in [-0.15, -0.1) is 0 Å². The number of carbonyl (C=O) groups excluding carboxylic acids is 1. The Labute approximate surface area is 150 Å². The zero-order valence-electron chi connectivity index (χ0n) is 14.1. The Morgan fingerprint density at radius 2 is 1.85 bits per heavy atom. The van der Waals surface area contributed by atoms with Crippen LogP contribution in [0.4, 0.5) is 5.69 Å². The van der Waals surface area contributed by atoms with Crippen molar-refractivity contribution in [2.75, 3.05) is 5.32 Å². The number of aromatic carboxylic acids is 1. The van der Waals surface area contributed by atoms with Gasteiger partial charge in [-0.3, -0.25) is 4.79 Å². The lowest BCUT2D eigenvalue weighted by molar-refractivity contribution is 0.0696. The highest BCUT2D eigenvalue weighted by Gasteiger charge is 2.13. The summed E-state index contributed by atoms with van der Waals surface area (Å²) in [7, 11) is 0. The van der Waals surface area contributed by atoms with Gasteiger partial charge in [0.2, 0.25) is 0 Å². The Balaban J connectivity index is 1.61. The highest BCUT2D eigenvalue weighted by atomic mass is 16.5. The van der Waals surface area contributed by atoms with Gasteiger partial charge in [0.15, 0.2) is 5.76 Å². The Bertz CT molecular complexity index is 927. The van der Waals surface area contributed by atoms with Gasteiger partial charge in [-0.25, -0.2) is 4.79 Å². The van der Waals surface area contributed by atoms with Crippen molar-refractivity contribution in [3.63, 3.8) is 0 Å². The molecular formula is C20H17NO5. The summed E-state index contributed by atoms with van der Waals surface area (Å²) in [5.41, 5.74) is 1.61. The number of carboxylic acids is 1. The van der Waals surface area contributed by atoms with Crippen LogP contribution in [-0.2, 0) is 6.61 Å². The van der Waals surface area contributed by atoms with Gasteiger partial charge in [-0.2, -0.15) is 0 Å². The molecule has 26 heavy (non-hydrogen) atoms. The number of furan rings is 1. The first-order valence-corrected chi connectivity index (χ1v) is 7.94. The molecule has 0 aliphatic carbocycles. The number of hydrogen-bond donors (Lipinski definition) is 2. The minimum atomic E-state index is -1.06. The Morgan fingerprint density at radius 1 is 1.08 bits per heavy atom. The molecule has 0 saturated carbocycles. The fourth-order valence-electron chi connectivity index (χ4n) is 2.29. The van der Waals surface area contributed by atoms with Crippen LogP contribution < -0.4 is 10.1 Å². The first-order valence-electron chi connectivity index (χ1n) is 7.94. The molecule has 0 fully saturated rings. The first kappa shape index (κ1) is 17.3. The Kier molecular flexibility index (Phi) is 5.03. The molecule has 1 aromatic heterocycles. The minimum Gasteiger partial charge on any atom is -0.486 e. The molecule has 1 heterocycles. The van der Waals surface area contributed by atoms with Crippen molar-refractivity contribution >= 4 is 17.6 Å². The summed E-state index contributed by atoms with van der Waals surface area (Å²) in [6.07, 6.45) is 0. The van der Waals surface area contributed by atoms with Crippen LogP contribution in [0, 0.1) is 6.92 Å². The Hall–Kier alpha value is -3.54. The molecule has 3 aromatic rings. The van der Waals surface area contributed by atoms with E-state index in [1.165, 1.54) is 12.1 Å². The zero-order valence-corrected chi connectivity index (χ0v) is 14.1. The largest absolute Gasteiger partial charge is 0.486 e. The number of benzene rings is 2. The van der Waals surface area contributed by atoms with Crippen LogP contribution in [0.25, 0.3) is 0 Å². The molecule has 0 radical (unpaired) electrons. The van der Waals surface area contributed by atoms with Gasteiger partial charge in [0.1, 0.15) is 18.1 Å². The van der Waals surface area contributed by atoms with E-state index in [4.69, 9.17) is 14.3 Å². The molecule has 2 N–H and O–H groups in total. The van der Waals surface area contributed by atoms with E-state index in [9.17, 15) is 9.59 Å². The maximum Gasteiger partial charge on any atom is 0.335 e. The summed E-state index contributed by atoms with van der Waals surface area (Å²) in [4.78, 5) is 23.2. The summed E-state index contributed by atoms with van der Waals surface area (Å²) in [6.45, 7) is 2.19. The van der Waals surface area contributed by atoms with Gasteiger partial charge in [0.25, 0.3) is 5.91 Å². The SMILES string of the molecule is Cc1ccc(OCc2ccc(C(=O)Nc3cccc(C(=O)O)c3)o2)cc1. The van der Waals surface area contributed by atoms with E-state index in [1.807, 2.05) is 31.2 Å². The highest BCUT2D eigenvalue weighted by molar-refractivity contribution is 6.02. The van der Waals surface area contributed by atoms with Crippen molar-refractivity contribution in [1.29, 1.82) is 0 Å². The molecule has 1 amide bonds. The normalized spacial score (nSPS) is 10.3. The number of carbonyl (C=O) groups is 2. The quantitative estimate of drug-likeness (QED) is 0.697. The molecule has 0 bridgehead atoms. The Morgan fingerprint density at radius 3 is 2.58 bits per heavy atom. The van der Waals surface area contributed by atoms with Crippen molar-refractivity contribution in [3.05, 3.63) is 83.3 Å². The number of rotatable bonds is 6. The standard InChI is InChI=1S/C20H17NO5/c1-13-5-7-16(8-6-13)25-12-17-9-10-18(26-17)19(22)21-15-4-2-3-14(11-15)20(23)24/h2-11H,12H2,1H3,(H,21,22)(H,23,24). The predicted octanol–water partition coefficient (Wildman–Crippen LogP) is 4.12. The third-order valence-corrected chi connectivity index (χ3v) is 3.65. The van der Waals surface area contributed by atoms with Crippen LogP contribution >= 0.6 is 0 Å². The van der Waals surface area contributed by atoms with E-state index >= 15 is 0 Å².